The molecule has 0 aliphatic heterocycles. The lowest BCUT2D eigenvalue weighted by Crippen LogP contribution is -2.30. The van der Waals surface area contributed by atoms with Crippen molar-refractivity contribution in [1.82, 2.24) is 4.98 Å². The van der Waals surface area contributed by atoms with E-state index >= 15 is 0 Å². The minimum absolute atomic E-state index is 0.0447. The van der Waals surface area contributed by atoms with Gasteiger partial charge in [0.25, 0.3) is 0 Å². The minimum Gasteiger partial charge on any atom is -0.464 e. The third kappa shape index (κ3) is 3.35. The Morgan fingerprint density at radius 3 is 2.61 bits per heavy atom. The SMILES string of the molecule is CCOC(=O)C(O)C(O)c1cccc(C(C)=O)n1. The third-order valence-electron chi connectivity index (χ3n) is 2.26. The monoisotopic (exact) mass is 253 g/mol. The highest BCUT2D eigenvalue weighted by atomic mass is 16.5. The molecule has 0 saturated carbocycles. The normalized spacial score (nSPS) is 13.8. The fourth-order valence-electron chi connectivity index (χ4n) is 1.33. The van der Waals surface area contributed by atoms with Crippen LogP contribution in [0.25, 0.3) is 0 Å². The summed E-state index contributed by atoms with van der Waals surface area (Å²) in [6.07, 6.45) is -3.25. The summed E-state index contributed by atoms with van der Waals surface area (Å²) in [5, 5.41) is 19.3. The number of aromatic nitrogens is 1. The van der Waals surface area contributed by atoms with Crippen LogP contribution in [0, 0.1) is 0 Å². The molecule has 0 aliphatic rings. The number of carbonyl (C=O) groups is 2. The zero-order valence-corrected chi connectivity index (χ0v) is 10.2. The van der Waals surface area contributed by atoms with Gasteiger partial charge < -0.3 is 14.9 Å². The Balaban J connectivity index is 2.89. The lowest BCUT2D eigenvalue weighted by atomic mass is 10.1. The summed E-state index contributed by atoms with van der Waals surface area (Å²) < 4.78 is 4.58. The number of hydrogen-bond acceptors (Lipinski definition) is 6. The summed E-state index contributed by atoms with van der Waals surface area (Å²) in [6.45, 7) is 3.02. The quantitative estimate of drug-likeness (QED) is 0.576. The summed E-state index contributed by atoms with van der Waals surface area (Å²) in [7, 11) is 0. The van der Waals surface area contributed by atoms with Gasteiger partial charge in [-0.05, 0) is 19.1 Å². The topological polar surface area (TPSA) is 96.7 Å². The highest BCUT2D eigenvalue weighted by Gasteiger charge is 2.28. The Labute approximate surface area is 104 Å². The van der Waals surface area contributed by atoms with Crippen LogP contribution in [-0.4, -0.2) is 39.7 Å². The van der Waals surface area contributed by atoms with Crippen molar-refractivity contribution in [3.63, 3.8) is 0 Å². The van der Waals surface area contributed by atoms with Crippen LogP contribution in [0.2, 0.25) is 0 Å². The van der Waals surface area contributed by atoms with Crippen molar-refractivity contribution in [2.45, 2.75) is 26.1 Å². The van der Waals surface area contributed by atoms with Gasteiger partial charge >= 0.3 is 5.97 Å². The first-order valence-corrected chi connectivity index (χ1v) is 5.48. The molecule has 0 fully saturated rings. The number of pyridine rings is 1. The van der Waals surface area contributed by atoms with Crippen molar-refractivity contribution in [2.75, 3.05) is 6.61 Å². The zero-order chi connectivity index (χ0) is 13.7. The number of hydrogen-bond donors (Lipinski definition) is 2. The molecule has 2 N–H and O–H groups in total. The maximum Gasteiger partial charge on any atom is 0.338 e. The molecule has 1 aromatic heterocycles. The molecule has 0 bridgehead atoms. The van der Waals surface area contributed by atoms with Crippen LogP contribution in [0.4, 0.5) is 0 Å². The molecular formula is C12H15NO5. The fourth-order valence-corrected chi connectivity index (χ4v) is 1.33. The molecule has 2 atom stereocenters. The molecule has 0 saturated heterocycles. The van der Waals surface area contributed by atoms with E-state index < -0.39 is 18.2 Å². The number of Topliss-reactive ketones (excluding diaryl/α,β-unsaturated/α-hetero) is 1. The molecule has 18 heavy (non-hydrogen) atoms. The summed E-state index contributed by atoms with van der Waals surface area (Å²) in [5.74, 6) is -1.20. The Hall–Kier alpha value is -1.79. The van der Waals surface area contributed by atoms with E-state index in [1.807, 2.05) is 0 Å². The van der Waals surface area contributed by atoms with Gasteiger partial charge in [-0.1, -0.05) is 6.07 Å². The Bertz CT molecular complexity index is 446. The first-order valence-electron chi connectivity index (χ1n) is 5.48. The van der Waals surface area contributed by atoms with Gasteiger partial charge in [0.2, 0.25) is 0 Å². The Kier molecular flexibility index (Phi) is 4.94. The molecule has 0 aromatic carbocycles. The average molecular weight is 253 g/mol. The lowest BCUT2D eigenvalue weighted by Gasteiger charge is -2.16. The molecule has 0 aliphatic carbocycles. The number of nitrogens with zero attached hydrogens (tertiary/aromatic N) is 1. The number of esters is 1. The fraction of sp³-hybridized carbons (Fsp3) is 0.417. The van der Waals surface area contributed by atoms with E-state index in [2.05, 4.69) is 9.72 Å². The predicted molar refractivity (Wildman–Crippen MR) is 61.8 cm³/mol. The van der Waals surface area contributed by atoms with Crippen LogP contribution in [-0.2, 0) is 9.53 Å². The Morgan fingerprint density at radius 1 is 1.39 bits per heavy atom. The number of ketones is 1. The van der Waals surface area contributed by atoms with Gasteiger partial charge in [-0.25, -0.2) is 9.78 Å². The second-order valence-electron chi connectivity index (χ2n) is 3.65. The largest absolute Gasteiger partial charge is 0.464 e. The van der Waals surface area contributed by atoms with Crippen molar-refractivity contribution < 1.29 is 24.5 Å². The number of aliphatic hydroxyl groups is 2. The number of rotatable bonds is 5. The molecule has 1 rings (SSSR count). The first kappa shape index (κ1) is 14.3. The van der Waals surface area contributed by atoms with Gasteiger partial charge in [-0.3, -0.25) is 4.79 Å². The van der Waals surface area contributed by atoms with E-state index in [0.29, 0.717) is 0 Å². The predicted octanol–water partition coefficient (Wildman–Crippen LogP) is 0.242. The highest BCUT2D eigenvalue weighted by molar-refractivity contribution is 5.92. The summed E-state index contributed by atoms with van der Waals surface area (Å²) >= 11 is 0. The van der Waals surface area contributed by atoms with Crippen molar-refractivity contribution in [3.05, 3.63) is 29.6 Å². The first-order chi connectivity index (χ1) is 8.47. The molecule has 1 heterocycles. The van der Waals surface area contributed by atoms with Gasteiger partial charge in [-0.2, -0.15) is 0 Å². The summed E-state index contributed by atoms with van der Waals surface area (Å²) in [5.41, 5.74) is 0.200. The van der Waals surface area contributed by atoms with Gasteiger partial charge in [0.15, 0.2) is 11.9 Å². The van der Waals surface area contributed by atoms with Gasteiger partial charge in [0.05, 0.1) is 12.3 Å². The number of ether oxygens (including phenoxy) is 1. The van der Waals surface area contributed by atoms with Gasteiger partial charge in [-0.15, -0.1) is 0 Å². The van der Waals surface area contributed by atoms with Crippen molar-refractivity contribution in [1.29, 1.82) is 0 Å². The van der Waals surface area contributed by atoms with E-state index in [4.69, 9.17) is 0 Å². The van der Waals surface area contributed by atoms with E-state index in [0.717, 1.165) is 0 Å². The van der Waals surface area contributed by atoms with E-state index in [-0.39, 0.29) is 23.8 Å². The molecule has 0 radical (unpaired) electrons. The van der Waals surface area contributed by atoms with E-state index in [9.17, 15) is 19.8 Å². The second-order valence-corrected chi connectivity index (χ2v) is 3.65. The molecule has 0 amide bonds. The standard InChI is InChI=1S/C12H15NO5/c1-3-18-12(17)11(16)10(15)9-6-4-5-8(13-9)7(2)14/h4-6,10-11,15-16H,3H2,1-2H3. The lowest BCUT2D eigenvalue weighted by molar-refractivity contribution is -0.159. The maximum absolute atomic E-state index is 11.2. The van der Waals surface area contributed by atoms with Crippen molar-refractivity contribution in [2.24, 2.45) is 0 Å². The summed E-state index contributed by atoms with van der Waals surface area (Å²) in [4.78, 5) is 26.2. The van der Waals surface area contributed by atoms with Crippen LogP contribution < -0.4 is 0 Å². The van der Waals surface area contributed by atoms with Gasteiger partial charge in [0.1, 0.15) is 11.8 Å². The maximum atomic E-state index is 11.2. The highest BCUT2D eigenvalue weighted by Crippen LogP contribution is 2.16. The van der Waals surface area contributed by atoms with E-state index in [1.54, 1.807) is 6.92 Å². The summed E-state index contributed by atoms with van der Waals surface area (Å²) in [6, 6.07) is 4.41. The second kappa shape index (κ2) is 6.23. The van der Waals surface area contributed by atoms with Crippen LogP contribution in [0.3, 0.4) is 0 Å². The molecule has 6 heteroatoms. The third-order valence-corrected chi connectivity index (χ3v) is 2.26. The molecule has 6 nitrogen and oxygen atoms in total. The Morgan fingerprint density at radius 2 is 2.06 bits per heavy atom. The van der Waals surface area contributed by atoms with Crippen LogP contribution >= 0.6 is 0 Å². The molecular weight excluding hydrogens is 238 g/mol. The van der Waals surface area contributed by atoms with Gasteiger partial charge in [0, 0.05) is 6.92 Å². The zero-order valence-electron chi connectivity index (χ0n) is 10.2. The average Bonchev–Trinajstić information content (AvgIpc) is 2.37. The minimum atomic E-state index is -1.72. The molecule has 1 aromatic rings. The van der Waals surface area contributed by atoms with Crippen LogP contribution in [0.5, 0.6) is 0 Å². The molecule has 2 unspecified atom stereocenters. The number of aliphatic hydroxyl groups excluding tert-OH is 2. The molecule has 98 valence electrons. The van der Waals surface area contributed by atoms with Crippen LogP contribution in [0.1, 0.15) is 36.1 Å². The van der Waals surface area contributed by atoms with E-state index in [1.165, 1.54) is 25.1 Å². The molecule has 0 spiro atoms. The van der Waals surface area contributed by atoms with Crippen molar-refractivity contribution in [3.8, 4) is 0 Å². The van der Waals surface area contributed by atoms with Crippen LogP contribution in [0.15, 0.2) is 18.2 Å². The van der Waals surface area contributed by atoms with Crippen molar-refractivity contribution >= 4 is 11.8 Å². The smallest absolute Gasteiger partial charge is 0.338 e. The number of carbonyl (C=O) groups excluding carboxylic acids is 2.